The minimum absolute atomic E-state index is 0.0121. The highest BCUT2D eigenvalue weighted by Crippen LogP contribution is 2.40. The first-order chi connectivity index (χ1) is 12.3. The minimum atomic E-state index is -0.300. The van der Waals surface area contributed by atoms with E-state index in [0.717, 1.165) is 18.5 Å². The van der Waals surface area contributed by atoms with Crippen molar-refractivity contribution in [3.8, 4) is 0 Å². The Morgan fingerprint density at radius 1 is 1.23 bits per heavy atom. The molecule has 0 spiro atoms. The number of benzene rings is 1. The van der Waals surface area contributed by atoms with E-state index >= 15 is 0 Å². The van der Waals surface area contributed by atoms with Crippen LogP contribution in [0.2, 0.25) is 0 Å². The van der Waals surface area contributed by atoms with Gasteiger partial charge in [0, 0.05) is 18.7 Å². The molecule has 138 valence electrons. The van der Waals surface area contributed by atoms with Gasteiger partial charge in [-0.3, -0.25) is 14.3 Å². The molecule has 1 aliphatic rings. The number of rotatable bonds is 5. The Morgan fingerprint density at radius 2 is 1.88 bits per heavy atom. The zero-order valence-electron chi connectivity index (χ0n) is 15.8. The van der Waals surface area contributed by atoms with Gasteiger partial charge in [-0.25, -0.2) is 0 Å². The lowest BCUT2D eigenvalue weighted by Gasteiger charge is -2.24. The molecule has 1 N–H and O–H groups in total. The van der Waals surface area contributed by atoms with Crippen LogP contribution in [0.3, 0.4) is 0 Å². The van der Waals surface area contributed by atoms with Gasteiger partial charge in [-0.05, 0) is 51.8 Å². The van der Waals surface area contributed by atoms with Gasteiger partial charge in [0.15, 0.2) is 0 Å². The molecule has 1 aromatic carbocycles. The molecule has 1 saturated carbocycles. The van der Waals surface area contributed by atoms with Crippen molar-refractivity contribution < 1.29 is 9.59 Å². The Labute approximate surface area is 154 Å². The SMILES string of the molecule is CN(CC(=O)Nc1ccccc1)C(=O)c1cc(C2CC2)nn1C(C)(C)C. The largest absolute Gasteiger partial charge is 0.331 e. The van der Waals surface area contributed by atoms with Crippen LogP contribution >= 0.6 is 0 Å². The van der Waals surface area contributed by atoms with Crippen molar-refractivity contribution in [2.75, 3.05) is 18.9 Å². The number of hydrogen-bond acceptors (Lipinski definition) is 3. The lowest BCUT2D eigenvalue weighted by atomic mass is 10.1. The standard InChI is InChI=1S/C20H26N4O2/c1-20(2,3)24-17(12-16(22-24)14-10-11-14)19(26)23(4)13-18(25)21-15-8-6-5-7-9-15/h5-9,12,14H,10-11,13H2,1-4H3,(H,21,25). The summed E-state index contributed by atoms with van der Waals surface area (Å²) in [5.74, 6) is 0.0515. The molecule has 6 heteroatoms. The van der Waals surface area contributed by atoms with Crippen LogP contribution in [0.4, 0.5) is 5.69 Å². The van der Waals surface area contributed by atoms with Gasteiger partial charge in [-0.15, -0.1) is 0 Å². The molecule has 3 rings (SSSR count). The van der Waals surface area contributed by atoms with Crippen molar-refractivity contribution in [3.63, 3.8) is 0 Å². The van der Waals surface area contributed by atoms with Gasteiger partial charge in [0.2, 0.25) is 5.91 Å². The molecular weight excluding hydrogens is 328 g/mol. The molecule has 0 radical (unpaired) electrons. The molecule has 0 bridgehead atoms. The van der Waals surface area contributed by atoms with Gasteiger partial charge in [0.1, 0.15) is 5.69 Å². The summed E-state index contributed by atoms with van der Waals surface area (Å²) in [4.78, 5) is 26.6. The van der Waals surface area contributed by atoms with Crippen LogP contribution in [0, 0.1) is 0 Å². The molecule has 1 aromatic heterocycles. The van der Waals surface area contributed by atoms with Gasteiger partial charge >= 0.3 is 0 Å². The average Bonchev–Trinajstić information content (AvgIpc) is 3.32. The van der Waals surface area contributed by atoms with Crippen LogP contribution in [0.25, 0.3) is 0 Å². The molecule has 1 aliphatic carbocycles. The van der Waals surface area contributed by atoms with E-state index in [2.05, 4.69) is 10.4 Å². The normalized spacial score (nSPS) is 14.2. The molecule has 2 amide bonds. The summed E-state index contributed by atoms with van der Waals surface area (Å²) in [5, 5.41) is 7.46. The topological polar surface area (TPSA) is 67.2 Å². The van der Waals surface area contributed by atoms with Crippen molar-refractivity contribution in [2.24, 2.45) is 0 Å². The fourth-order valence-corrected chi connectivity index (χ4v) is 2.85. The summed E-state index contributed by atoms with van der Waals surface area (Å²) in [5.41, 5.74) is 1.93. The van der Waals surface area contributed by atoms with Crippen LogP contribution in [-0.4, -0.2) is 40.1 Å². The summed E-state index contributed by atoms with van der Waals surface area (Å²) in [6.45, 7) is 6.06. The van der Waals surface area contributed by atoms with Crippen LogP contribution in [0.1, 0.15) is 55.7 Å². The van der Waals surface area contributed by atoms with Crippen LogP contribution in [0.5, 0.6) is 0 Å². The van der Waals surface area contributed by atoms with Gasteiger partial charge in [-0.2, -0.15) is 5.10 Å². The van der Waals surface area contributed by atoms with Gasteiger partial charge in [-0.1, -0.05) is 18.2 Å². The van der Waals surface area contributed by atoms with Crippen molar-refractivity contribution in [1.29, 1.82) is 0 Å². The van der Waals surface area contributed by atoms with Crippen LogP contribution in [-0.2, 0) is 10.3 Å². The molecule has 1 fully saturated rings. The number of aromatic nitrogens is 2. The highest BCUT2D eigenvalue weighted by molar-refractivity contribution is 5.98. The van der Waals surface area contributed by atoms with E-state index in [4.69, 9.17) is 0 Å². The second kappa shape index (κ2) is 6.94. The Morgan fingerprint density at radius 3 is 2.46 bits per heavy atom. The molecular formula is C20H26N4O2. The third-order valence-corrected chi connectivity index (χ3v) is 4.36. The molecule has 0 atom stereocenters. The first-order valence-electron chi connectivity index (χ1n) is 8.96. The minimum Gasteiger partial charge on any atom is -0.331 e. The zero-order chi connectivity index (χ0) is 18.9. The van der Waals surface area contributed by atoms with Gasteiger partial charge < -0.3 is 10.2 Å². The lowest BCUT2D eigenvalue weighted by molar-refractivity contribution is -0.116. The molecule has 26 heavy (non-hydrogen) atoms. The van der Waals surface area contributed by atoms with Crippen LogP contribution in [0.15, 0.2) is 36.4 Å². The first kappa shape index (κ1) is 18.2. The quantitative estimate of drug-likeness (QED) is 0.896. The van der Waals surface area contributed by atoms with Crippen molar-refractivity contribution in [3.05, 3.63) is 47.8 Å². The first-order valence-corrected chi connectivity index (χ1v) is 8.96. The predicted octanol–water partition coefficient (Wildman–Crippen LogP) is 3.23. The summed E-state index contributed by atoms with van der Waals surface area (Å²) < 4.78 is 1.79. The maximum absolute atomic E-state index is 12.9. The van der Waals surface area contributed by atoms with Gasteiger partial charge in [0.25, 0.3) is 5.91 Å². The fourth-order valence-electron chi connectivity index (χ4n) is 2.85. The van der Waals surface area contributed by atoms with E-state index in [-0.39, 0.29) is 23.9 Å². The average molecular weight is 354 g/mol. The molecule has 0 unspecified atom stereocenters. The van der Waals surface area contributed by atoms with Crippen molar-refractivity contribution in [1.82, 2.24) is 14.7 Å². The van der Waals surface area contributed by atoms with E-state index in [0.29, 0.717) is 17.3 Å². The van der Waals surface area contributed by atoms with Crippen molar-refractivity contribution in [2.45, 2.75) is 45.1 Å². The maximum Gasteiger partial charge on any atom is 0.272 e. The number of nitrogens with zero attached hydrogens (tertiary/aromatic N) is 3. The van der Waals surface area contributed by atoms with E-state index in [1.54, 1.807) is 11.7 Å². The van der Waals surface area contributed by atoms with Crippen molar-refractivity contribution >= 4 is 17.5 Å². The Kier molecular flexibility index (Phi) is 4.85. The highest BCUT2D eigenvalue weighted by atomic mass is 16.2. The maximum atomic E-state index is 12.9. The number of hydrogen-bond donors (Lipinski definition) is 1. The molecule has 1 heterocycles. The van der Waals surface area contributed by atoms with E-state index < -0.39 is 0 Å². The highest BCUT2D eigenvalue weighted by Gasteiger charge is 2.32. The van der Waals surface area contributed by atoms with E-state index in [1.807, 2.05) is 57.2 Å². The van der Waals surface area contributed by atoms with Gasteiger partial charge in [0.05, 0.1) is 17.8 Å². The third kappa shape index (κ3) is 4.12. The summed E-state index contributed by atoms with van der Waals surface area (Å²) in [6, 6.07) is 11.1. The Balaban J connectivity index is 1.72. The van der Waals surface area contributed by atoms with Crippen LogP contribution < -0.4 is 5.32 Å². The smallest absolute Gasteiger partial charge is 0.272 e. The number of amides is 2. The van der Waals surface area contributed by atoms with E-state index in [9.17, 15) is 9.59 Å². The summed E-state index contributed by atoms with van der Waals surface area (Å²) in [7, 11) is 1.64. The summed E-state index contributed by atoms with van der Waals surface area (Å²) in [6.07, 6.45) is 2.26. The number of para-hydroxylation sites is 1. The second-order valence-corrected chi connectivity index (χ2v) is 7.89. The number of carbonyl (C=O) groups is 2. The van der Waals surface area contributed by atoms with E-state index in [1.165, 1.54) is 4.90 Å². The monoisotopic (exact) mass is 354 g/mol. The Bertz CT molecular complexity index is 801. The number of carbonyl (C=O) groups excluding carboxylic acids is 2. The molecule has 2 aromatic rings. The summed E-state index contributed by atoms with van der Waals surface area (Å²) >= 11 is 0. The predicted molar refractivity (Wildman–Crippen MR) is 101 cm³/mol. The molecule has 6 nitrogen and oxygen atoms in total. The molecule has 0 saturated heterocycles. The number of anilines is 1. The fraction of sp³-hybridized carbons (Fsp3) is 0.450. The number of nitrogens with one attached hydrogen (secondary N) is 1. The zero-order valence-corrected chi connectivity index (χ0v) is 15.8. The molecule has 0 aliphatic heterocycles. The Hall–Kier alpha value is -2.63. The second-order valence-electron chi connectivity index (χ2n) is 7.89. The number of likely N-dealkylation sites (N-methyl/N-ethyl adjacent to an activating group) is 1. The lowest BCUT2D eigenvalue weighted by Crippen LogP contribution is -2.38. The third-order valence-electron chi connectivity index (χ3n) is 4.36.